The van der Waals surface area contributed by atoms with Crippen LogP contribution in [-0.4, -0.2) is 18.1 Å². The first-order valence-electron chi connectivity index (χ1n) is 10.3. The Hall–Kier alpha value is -3.71. The first kappa shape index (κ1) is 28.9. The average molecular weight is 592 g/mol. The van der Waals surface area contributed by atoms with Gasteiger partial charge in [0, 0.05) is 16.7 Å². The van der Waals surface area contributed by atoms with Gasteiger partial charge >= 0.3 is 10.2 Å². The molecular formula is C24H16Cl2F5N3O3S. The lowest BCUT2D eigenvalue weighted by Gasteiger charge is -2.40. The van der Waals surface area contributed by atoms with Crippen molar-refractivity contribution in [3.8, 4) is 29.4 Å². The van der Waals surface area contributed by atoms with Crippen LogP contribution in [0.4, 0.5) is 19.4 Å². The lowest BCUT2D eigenvalue weighted by Crippen LogP contribution is -2.49. The molecule has 0 saturated carbocycles. The van der Waals surface area contributed by atoms with Gasteiger partial charge in [0.25, 0.3) is 5.91 Å². The summed E-state index contributed by atoms with van der Waals surface area (Å²) >= 11 is 12.0. The highest BCUT2D eigenvalue weighted by Gasteiger charge is 2.65. The van der Waals surface area contributed by atoms with Gasteiger partial charge in [0.05, 0.1) is 22.7 Å². The second-order valence-corrected chi connectivity index (χ2v) is 11.4. The van der Waals surface area contributed by atoms with Crippen LogP contribution in [0, 0.1) is 22.7 Å². The van der Waals surface area contributed by atoms with Gasteiger partial charge in [0.15, 0.2) is 17.0 Å². The van der Waals surface area contributed by atoms with Gasteiger partial charge in [0.2, 0.25) is 0 Å². The Morgan fingerprint density at radius 1 is 0.947 bits per heavy atom. The first-order chi connectivity index (χ1) is 17.4. The number of carbonyl (C=O) groups is 1. The van der Waals surface area contributed by atoms with Gasteiger partial charge in [-0.05, 0) is 61.5 Å². The minimum Gasteiger partial charge on any atom is -0.486 e. The molecule has 0 heterocycles. The molecule has 200 valence electrons. The summed E-state index contributed by atoms with van der Waals surface area (Å²) in [6.07, 6.45) is 0. The van der Waals surface area contributed by atoms with Gasteiger partial charge in [0.1, 0.15) is 17.3 Å². The van der Waals surface area contributed by atoms with Gasteiger partial charge in [-0.25, -0.2) is 0 Å². The number of rotatable bonds is 8. The van der Waals surface area contributed by atoms with E-state index in [0.717, 1.165) is 0 Å². The van der Waals surface area contributed by atoms with Gasteiger partial charge in [-0.1, -0.05) is 42.6 Å². The third-order valence-corrected chi connectivity index (χ3v) is 6.59. The van der Waals surface area contributed by atoms with E-state index in [0.29, 0.717) is 17.2 Å². The maximum Gasteiger partial charge on any atom is 0.310 e. The Kier molecular flexibility index (Phi) is 7.25. The molecule has 0 bridgehead atoms. The van der Waals surface area contributed by atoms with Crippen molar-refractivity contribution in [2.24, 2.45) is 0 Å². The first-order valence-corrected chi connectivity index (χ1v) is 13.0. The highest BCUT2D eigenvalue weighted by atomic mass is 35.5. The molecule has 0 radical (unpaired) electrons. The van der Waals surface area contributed by atoms with E-state index >= 15 is 0 Å². The third-order valence-electron chi connectivity index (χ3n) is 4.90. The Labute approximate surface area is 223 Å². The van der Waals surface area contributed by atoms with E-state index in [1.165, 1.54) is 43.3 Å². The summed E-state index contributed by atoms with van der Waals surface area (Å²) in [4.78, 5) is 10.4. The molecule has 0 aliphatic heterocycles. The fourth-order valence-electron chi connectivity index (χ4n) is 2.96. The highest BCUT2D eigenvalue weighted by molar-refractivity contribution is 8.45. The molecule has 1 atom stereocenters. The van der Waals surface area contributed by atoms with E-state index in [-0.39, 0.29) is 40.0 Å². The Morgan fingerprint density at radius 3 is 2.13 bits per heavy atom. The number of nitriles is 2. The number of nitrogens with one attached hydrogen (secondary N) is 1. The van der Waals surface area contributed by atoms with Gasteiger partial charge < -0.3 is 14.8 Å². The zero-order chi connectivity index (χ0) is 28.4. The highest BCUT2D eigenvalue weighted by Crippen LogP contribution is 3.02. The van der Waals surface area contributed by atoms with E-state index in [2.05, 4.69) is 5.32 Å². The molecule has 3 aromatic carbocycles. The maximum absolute atomic E-state index is 12.9. The number of hydrogen-bond donors (Lipinski definition) is 1. The summed E-state index contributed by atoms with van der Waals surface area (Å²) in [5, 5.41) is 21.7. The van der Waals surface area contributed by atoms with Crippen LogP contribution in [0.3, 0.4) is 0 Å². The molecule has 3 rings (SSSR count). The quantitative estimate of drug-likeness (QED) is 0.265. The molecule has 14 heteroatoms. The second-order valence-electron chi connectivity index (χ2n) is 8.13. The summed E-state index contributed by atoms with van der Waals surface area (Å²) in [6, 6.07) is 13.7. The van der Waals surface area contributed by atoms with Crippen molar-refractivity contribution in [3.05, 3.63) is 81.8 Å². The number of nitrogens with zero attached hydrogens (tertiary/aromatic N) is 2. The second kappa shape index (κ2) is 9.55. The monoisotopic (exact) mass is 591 g/mol. The normalized spacial score (nSPS) is 14.6. The summed E-state index contributed by atoms with van der Waals surface area (Å²) in [7, 11) is -9.91. The number of benzene rings is 3. The SMILES string of the molecule is CC(C#N)(COc1cc(C#N)ccc1Oc1ccc(Cl)cc1Cl)NC(=O)c1ccc(S(F)(F)(F)(F)F)cc1. The van der Waals surface area contributed by atoms with E-state index < -0.39 is 38.7 Å². The molecule has 3 aromatic rings. The molecule has 1 N–H and O–H groups in total. The smallest absolute Gasteiger partial charge is 0.310 e. The Morgan fingerprint density at radius 2 is 1.58 bits per heavy atom. The molecule has 1 amide bonds. The zero-order valence-electron chi connectivity index (χ0n) is 19.2. The number of amides is 1. The van der Waals surface area contributed by atoms with Crippen molar-refractivity contribution in [3.63, 3.8) is 0 Å². The van der Waals surface area contributed by atoms with Crippen molar-refractivity contribution >= 4 is 39.3 Å². The standard InChI is InChI=1S/C24H16Cl2F5N3O3S/c1-24(13-33,34-23(35)16-3-6-18(7-4-16)38(27,28,29,30)31)14-36-22-10-15(12-32)2-8-21(22)37-20-9-5-17(25)11-19(20)26/h2-11H,14H2,1H3,(H,34,35). The zero-order valence-corrected chi connectivity index (χ0v) is 21.5. The fraction of sp³-hybridized carbons (Fsp3) is 0.125. The predicted octanol–water partition coefficient (Wildman–Crippen LogP) is 8.41. The van der Waals surface area contributed by atoms with Gasteiger partial charge in [-0.15, -0.1) is 0 Å². The van der Waals surface area contributed by atoms with E-state index in [1.54, 1.807) is 0 Å². The van der Waals surface area contributed by atoms with Crippen LogP contribution in [0.15, 0.2) is 65.6 Å². The predicted molar refractivity (Wildman–Crippen MR) is 133 cm³/mol. The fourth-order valence-corrected chi connectivity index (χ4v) is 4.05. The van der Waals surface area contributed by atoms with Crippen LogP contribution in [0.2, 0.25) is 10.0 Å². The molecule has 1 unspecified atom stereocenters. The van der Waals surface area contributed by atoms with Gasteiger partial charge in [-0.2, -0.15) is 10.5 Å². The topological polar surface area (TPSA) is 95.1 Å². The summed E-state index contributed by atoms with van der Waals surface area (Å²) in [5.74, 6) is -0.698. The van der Waals surface area contributed by atoms with Crippen LogP contribution in [0.5, 0.6) is 17.2 Å². The third kappa shape index (κ3) is 7.19. The van der Waals surface area contributed by atoms with Crippen LogP contribution in [0.25, 0.3) is 0 Å². The minimum atomic E-state index is -9.91. The average Bonchev–Trinajstić information content (AvgIpc) is 2.83. The lowest BCUT2D eigenvalue weighted by atomic mass is 10.0. The number of carbonyl (C=O) groups excluding carboxylic acids is 1. The molecule has 6 nitrogen and oxygen atoms in total. The molecule has 38 heavy (non-hydrogen) atoms. The Bertz CT molecular complexity index is 1490. The Balaban J connectivity index is 1.80. The minimum absolute atomic E-state index is 0.00558. The van der Waals surface area contributed by atoms with Crippen LogP contribution in [0.1, 0.15) is 22.8 Å². The molecule has 0 fully saturated rings. The molecule has 0 aliphatic rings. The van der Waals surface area contributed by atoms with Crippen molar-refractivity contribution < 1.29 is 33.7 Å². The summed E-state index contributed by atoms with van der Waals surface area (Å²) in [6.45, 7) is 0.761. The van der Waals surface area contributed by atoms with Crippen molar-refractivity contribution in [2.75, 3.05) is 6.61 Å². The number of ether oxygens (including phenoxy) is 2. The van der Waals surface area contributed by atoms with Crippen LogP contribution >= 0.6 is 33.4 Å². The molecule has 0 spiro atoms. The van der Waals surface area contributed by atoms with Crippen LogP contribution < -0.4 is 14.8 Å². The number of halogens is 7. The lowest BCUT2D eigenvalue weighted by molar-refractivity contribution is 0.0900. The van der Waals surface area contributed by atoms with E-state index in [4.69, 9.17) is 32.7 Å². The largest absolute Gasteiger partial charge is 0.486 e. The van der Waals surface area contributed by atoms with E-state index in [1.807, 2.05) is 12.1 Å². The van der Waals surface area contributed by atoms with Crippen LogP contribution in [-0.2, 0) is 0 Å². The van der Waals surface area contributed by atoms with Crippen molar-refractivity contribution in [1.29, 1.82) is 10.5 Å². The van der Waals surface area contributed by atoms with Crippen molar-refractivity contribution in [1.82, 2.24) is 5.32 Å². The summed E-state index contributed by atoms with van der Waals surface area (Å²) in [5.41, 5.74) is -1.96. The summed E-state index contributed by atoms with van der Waals surface area (Å²) < 4.78 is 76.1. The molecule has 0 saturated heterocycles. The van der Waals surface area contributed by atoms with Crippen molar-refractivity contribution in [2.45, 2.75) is 17.4 Å². The number of hydrogen-bond acceptors (Lipinski definition) is 5. The molecular weight excluding hydrogens is 576 g/mol. The molecule has 0 aliphatic carbocycles. The van der Waals surface area contributed by atoms with E-state index in [9.17, 15) is 34.7 Å². The maximum atomic E-state index is 12.9. The molecule has 0 aromatic heterocycles. The van der Waals surface area contributed by atoms with Gasteiger partial charge in [-0.3, -0.25) is 4.79 Å².